The van der Waals surface area contributed by atoms with Gasteiger partial charge < -0.3 is 19.3 Å². The zero-order chi connectivity index (χ0) is 15.3. The van der Waals surface area contributed by atoms with Gasteiger partial charge in [0.25, 0.3) is 0 Å². The Balaban J connectivity index is 1.96. The Morgan fingerprint density at radius 2 is 2.10 bits per heavy atom. The van der Waals surface area contributed by atoms with Crippen molar-refractivity contribution in [1.82, 2.24) is 0 Å². The summed E-state index contributed by atoms with van der Waals surface area (Å²) in [6.45, 7) is 6.80. The second-order valence-corrected chi connectivity index (χ2v) is 7.81. The highest BCUT2D eigenvalue weighted by atomic mass is 16.7. The van der Waals surface area contributed by atoms with E-state index in [1.54, 1.807) is 7.11 Å². The molecule has 0 aromatic rings. The third-order valence-electron chi connectivity index (χ3n) is 7.56. The zero-order valence-electron chi connectivity index (χ0n) is 13.1. The van der Waals surface area contributed by atoms with Crippen LogP contribution in [0.2, 0.25) is 0 Å². The highest BCUT2D eigenvalue weighted by molar-refractivity contribution is 5.75. The van der Waals surface area contributed by atoms with Gasteiger partial charge in [-0.2, -0.15) is 0 Å². The molecule has 4 aliphatic rings. The van der Waals surface area contributed by atoms with Crippen molar-refractivity contribution >= 4 is 5.97 Å². The first-order chi connectivity index (χ1) is 9.77. The Morgan fingerprint density at radius 3 is 2.76 bits per heavy atom. The molecule has 0 spiro atoms. The minimum absolute atomic E-state index is 0.00648. The molecule has 2 saturated heterocycles. The molecule has 21 heavy (non-hydrogen) atoms. The molecule has 7 atom stereocenters. The Bertz CT molecular complexity index is 521. The molecule has 0 aromatic heterocycles. The maximum absolute atomic E-state index is 12.2. The lowest BCUT2D eigenvalue weighted by Gasteiger charge is -2.57. The summed E-state index contributed by atoms with van der Waals surface area (Å²) in [5.41, 5.74) is -1.32. The molecule has 0 aromatic carbocycles. The Kier molecular flexibility index (Phi) is 2.42. The highest BCUT2D eigenvalue weighted by Gasteiger charge is 2.83. The predicted molar refractivity (Wildman–Crippen MR) is 73.2 cm³/mol. The van der Waals surface area contributed by atoms with E-state index in [-0.39, 0.29) is 28.6 Å². The maximum Gasteiger partial charge on any atom is 0.307 e. The number of rotatable bonds is 1. The van der Waals surface area contributed by atoms with Gasteiger partial charge in [-0.3, -0.25) is 4.79 Å². The number of methoxy groups -OCH3 is 1. The second-order valence-electron chi connectivity index (χ2n) is 7.81. The van der Waals surface area contributed by atoms with Crippen LogP contribution in [0, 0.1) is 22.7 Å². The van der Waals surface area contributed by atoms with E-state index in [9.17, 15) is 9.90 Å². The molecule has 4 rings (SSSR count). The van der Waals surface area contributed by atoms with Gasteiger partial charge in [-0.05, 0) is 5.92 Å². The fraction of sp³-hybridized carbons (Fsp3) is 0.938. The normalized spacial score (nSPS) is 61.6. The van der Waals surface area contributed by atoms with Crippen molar-refractivity contribution in [2.75, 3.05) is 13.7 Å². The van der Waals surface area contributed by atoms with Crippen LogP contribution in [0.5, 0.6) is 0 Å². The largest absolute Gasteiger partial charge is 0.458 e. The smallest absolute Gasteiger partial charge is 0.307 e. The lowest BCUT2D eigenvalue weighted by Crippen LogP contribution is -2.65. The van der Waals surface area contributed by atoms with Gasteiger partial charge in [0.1, 0.15) is 5.60 Å². The molecule has 2 saturated carbocycles. The third kappa shape index (κ3) is 1.18. The zero-order valence-corrected chi connectivity index (χ0v) is 13.1. The van der Waals surface area contributed by atoms with Crippen LogP contribution < -0.4 is 0 Å². The molecule has 2 aliphatic carbocycles. The molecule has 0 radical (unpaired) electrons. The standard InChI is InChI=1S/C16H24O5/c1-9-11(17)5-16-13(3)8-20-15(19-4,10(13)2)7-14(9,16)6-12(18)21-16/h9-11,17H,5-8H2,1-4H3. The molecular weight excluding hydrogens is 272 g/mol. The highest BCUT2D eigenvalue weighted by Crippen LogP contribution is 2.76. The fourth-order valence-electron chi connectivity index (χ4n) is 6.06. The Hall–Kier alpha value is -0.650. The lowest BCUT2D eigenvalue weighted by molar-refractivity contribution is -0.270. The lowest BCUT2D eigenvalue weighted by atomic mass is 9.48. The van der Waals surface area contributed by atoms with Crippen LogP contribution in [-0.4, -0.2) is 42.3 Å². The van der Waals surface area contributed by atoms with Gasteiger partial charge in [0, 0.05) is 36.7 Å². The fourth-order valence-corrected chi connectivity index (χ4v) is 6.06. The van der Waals surface area contributed by atoms with E-state index in [1.165, 1.54) is 0 Å². The van der Waals surface area contributed by atoms with Crippen molar-refractivity contribution in [1.29, 1.82) is 0 Å². The SMILES string of the molecule is COC12CC34CC(=O)OC3(CC(O)C4C)C(C)(CO1)C2C. The summed E-state index contributed by atoms with van der Waals surface area (Å²) in [6.07, 6.45) is 1.07. The van der Waals surface area contributed by atoms with Crippen LogP contribution in [-0.2, 0) is 19.0 Å². The molecule has 5 nitrogen and oxygen atoms in total. The monoisotopic (exact) mass is 296 g/mol. The summed E-state index contributed by atoms with van der Waals surface area (Å²) in [4.78, 5) is 12.2. The van der Waals surface area contributed by atoms with Crippen molar-refractivity contribution < 1.29 is 24.1 Å². The summed E-state index contributed by atoms with van der Waals surface area (Å²) in [7, 11) is 1.68. The molecule has 2 heterocycles. The van der Waals surface area contributed by atoms with Gasteiger partial charge >= 0.3 is 5.97 Å². The van der Waals surface area contributed by atoms with Crippen molar-refractivity contribution in [3.05, 3.63) is 0 Å². The van der Waals surface area contributed by atoms with Crippen molar-refractivity contribution in [2.24, 2.45) is 22.7 Å². The van der Waals surface area contributed by atoms with E-state index in [0.29, 0.717) is 25.9 Å². The van der Waals surface area contributed by atoms with Gasteiger partial charge in [-0.25, -0.2) is 0 Å². The van der Waals surface area contributed by atoms with Crippen LogP contribution in [0.1, 0.15) is 40.0 Å². The molecule has 4 fully saturated rings. The van der Waals surface area contributed by atoms with E-state index in [0.717, 1.165) is 0 Å². The summed E-state index contributed by atoms with van der Waals surface area (Å²) in [5, 5.41) is 10.5. The molecule has 2 aliphatic heterocycles. The molecule has 7 unspecified atom stereocenters. The minimum Gasteiger partial charge on any atom is -0.458 e. The summed E-state index contributed by atoms with van der Waals surface area (Å²) < 4.78 is 17.9. The number of aliphatic hydroxyl groups is 1. The first-order valence-electron chi connectivity index (χ1n) is 7.86. The molecule has 0 amide bonds. The van der Waals surface area contributed by atoms with Crippen LogP contribution >= 0.6 is 0 Å². The topological polar surface area (TPSA) is 65.0 Å². The minimum atomic E-state index is -0.662. The van der Waals surface area contributed by atoms with Crippen molar-refractivity contribution in [3.63, 3.8) is 0 Å². The number of fused-ring (bicyclic) bond motifs is 2. The Morgan fingerprint density at radius 1 is 1.38 bits per heavy atom. The first-order valence-corrected chi connectivity index (χ1v) is 7.86. The average molecular weight is 296 g/mol. The quantitative estimate of drug-likeness (QED) is 0.743. The maximum atomic E-state index is 12.2. The van der Waals surface area contributed by atoms with Crippen LogP contribution in [0.4, 0.5) is 0 Å². The van der Waals surface area contributed by atoms with Gasteiger partial charge in [0.05, 0.1) is 19.1 Å². The molecule has 1 N–H and O–H groups in total. The summed E-state index contributed by atoms with van der Waals surface area (Å²) in [5.74, 6) is -0.677. The van der Waals surface area contributed by atoms with E-state index in [2.05, 4.69) is 13.8 Å². The molecule has 2 bridgehead atoms. The molecular formula is C16H24O5. The second kappa shape index (κ2) is 3.63. The van der Waals surface area contributed by atoms with Gasteiger partial charge in [-0.1, -0.05) is 20.8 Å². The summed E-state index contributed by atoms with van der Waals surface area (Å²) in [6, 6.07) is 0. The van der Waals surface area contributed by atoms with E-state index in [4.69, 9.17) is 14.2 Å². The number of carbonyl (C=O) groups excluding carboxylic acids is 1. The number of hydrogen-bond acceptors (Lipinski definition) is 5. The number of aliphatic hydroxyl groups excluding tert-OH is 1. The van der Waals surface area contributed by atoms with Crippen LogP contribution in [0.15, 0.2) is 0 Å². The van der Waals surface area contributed by atoms with Gasteiger partial charge in [0.2, 0.25) is 0 Å². The Labute approximate surface area is 124 Å². The van der Waals surface area contributed by atoms with E-state index < -0.39 is 17.5 Å². The van der Waals surface area contributed by atoms with Gasteiger partial charge in [0.15, 0.2) is 5.79 Å². The van der Waals surface area contributed by atoms with Crippen LogP contribution in [0.25, 0.3) is 0 Å². The third-order valence-corrected chi connectivity index (χ3v) is 7.56. The van der Waals surface area contributed by atoms with E-state index in [1.807, 2.05) is 6.92 Å². The van der Waals surface area contributed by atoms with Gasteiger partial charge in [-0.15, -0.1) is 0 Å². The number of ether oxygens (including phenoxy) is 3. The molecule has 118 valence electrons. The number of hydrogen-bond donors (Lipinski definition) is 1. The summed E-state index contributed by atoms with van der Waals surface area (Å²) >= 11 is 0. The molecule has 5 heteroatoms. The number of esters is 1. The van der Waals surface area contributed by atoms with Crippen molar-refractivity contribution in [2.45, 2.75) is 57.5 Å². The first kappa shape index (κ1) is 14.0. The number of carbonyl (C=O) groups is 1. The van der Waals surface area contributed by atoms with E-state index >= 15 is 0 Å². The average Bonchev–Trinajstić information content (AvgIpc) is 2.92. The predicted octanol–water partition coefficient (Wildman–Crippen LogP) is 1.48. The van der Waals surface area contributed by atoms with Crippen LogP contribution in [0.3, 0.4) is 0 Å². The van der Waals surface area contributed by atoms with Crippen molar-refractivity contribution in [3.8, 4) is 0 Å².